The van der Waals surface area contributed by atoms with Crippen LogP contribution in [0.15, 0.2) is 0 Å². The molecule has 1 aliphatic rings. The van der Waals surface area contributed by atoms with Crippen LogP contribution in [0.4, 0.5) is 0 Å². The highest BCUT2D eigenvalue weighted by Crippen LogP contribution is 2.13. The van der Waals surface area contributed by atoms with Gasteiger partial charge >= 0.3 is 0 Å². The highest BCUT2D eigenvalue weighted by atomic mass is 32.2. The fourth-order valence-electron chi connectivity index (χ4n) is 1.52. The first-order valence-electron chi connectivity index (χ1n) is 4.85. The Balaban J connectivity index is 2.85. The minimum absolute atomic E-state index is 0.0385. The number of carbonyl (C=O) groups excluding carboxylic acids is 1. The molecule has 0 aliphatic carbocycles. The van der Waals surface area contributed by atoms with E-state index in [4.69, 9.17) is 10.5 Å². The van der Waals surface area contributed by atoms with Crippen molar-refractivity contribution >= 4 is 15.9 Å². The first-order valence-corrected chi connectivity index (χ1v) is 6.46. The standard InChI is InChI=1S/C8H16N2O4S/c1-2-5-15(12,13)10-3-4-14-6-7(10)8(9)11/h7H,2-6H2,1H3,(H2,9,11). The number of hydrogen-bond acceptors (Lipinski definition) is 4. The molecule has 0 radical (unpaired) electrons. The van der Waals surface area contributed by atoms with Gasteiger partial charge in [-0.25, -0.2) is 8.42 Å². The van der Waals surface area contributed by atoms with E-state index in [2.05, 4.69) is 0 Å². The second-order valence-electron chi connectivity index (χ2n) is 3.42. The number of carbonyl (C=O) groups is 1. The van der Waals surface area contributed by atoms with E-state index in [9.17, 15) is 13.2 Å². The molecule has 1 amide bonds. The smallest absolute Gasteiger partial charge is 0.238 e. The topological polar surface area (TPSA) is 89.7 Å². The molecule has 0 aromatic rings. The van der Waals surface area contributed by atoms with Gasteiger partial charge in [0.25, 0.3) is 0 Å². The number of rotatable bonds is 4. The van der Waals surface area contributed by atoms with Crippen LogP contribution in [0.5, 0.6) is 0 Å². The summed E-state index contributed by atoms with van der Waals surface area (Å²) in [5.41, 5.74) is 5.13. The number of nitrogens with zero attached hydrogens (tertiary/aromatic N) is 1. The zero-order valence-corrected chi connectivity index (χ0v) is 9.50. The molecule has 1 heterocycles. The first kappa shape index (κ1) is 12.4. The molecule has 1 unspecified atom stereocenters. The van der Waals surface area contributed by atoms with Gasteiger partial charge in [-0.2, -0.15) is 4.31 Å². The van der Waals surface area contributed by atoms with E-state index >= 15 is 0 Å². The van der Waals surface area contributed by atoms with Gasteiger partial charge in [0.2, 0.25) is 15.9 Å². The number of morpholine rings is 1. The van der Waals surface area contributed by atoms with E-state index in [1.165, 1.54) is 0 Å². The second-order valence-corrected chi connectivity index (χ2v) is 5.46. The zero-order valence-electron chi connectivity index (χ0n) is 8.68. The lowest BCUT2D eigenvalue weighted by Gasteiger charge is -2.32. The van der Waals surface area contributed by atoms with Gasteiger partial charge in [0.05, 0.1) is 19.0 Å². The predicted octanol–water partition coefficient (Wildman–Crippen LogP) is -1.09. The van der Waals surface area contributed by atoms with Crippen LogP contribution in [0.3, 0.4) is 0 Å². The number of sulfonamides is 1. The molecular formula is C8H16N2O4S. The van der Waals surface area contributed by atoms with Crippen molar-refractivity contribution in [3.8, 4) is 0 Å². The van der Waals surface area contributed by atoms with Crippen LogP contribution in [-0.2, 0) is 19.6 Å². The van der Waals surface area contributed by atoms with Crippen LogP contribution < -0.4 is 5.73 Å². The Kier molecular flexibility index (Phi) is 4.06. The summed E-state index contributed by atoms with van der Waals surface area (Å²) < 4.78 is 29.7. The SMILES string of the molecule is CCCS(=O)(=O)N1CCOCC1C(N)=O. The van der Waals surface area contributed by atoms with Gasteiger partial charge < -0.3 is 10.5 Å². The molecule has 6 nitrogen and oxygen atoms in total. The maximum atomic E-state index is 11.8. The molecule has 0 saturated carbocycles. The van der Waals surface area contributed by atoms with Gasteiger partial charge in [-0.3, -0.25) is 4.79 Å². The Bertz CT molecular complexity index is 328. The fourth-order valence-corrected chi connectivity index (χ4v) is 3.18. The third-order valence-corrected chi connectivity index (χ3v) is 4.30. The van der Waals surface area contributed by atoms with Gasteiger partial charge in [-0.15, -0.1) is 0 Å². The van der Waals surface area contributed by atoms with Crippen molar-refractivity contribution < 1.29 is 17.9 Å². The Morgan fingerprint density at radius 1 is 1.60 bits per heavy atom. The molecule has 0 spiro atoms. The van der Waals surface area contributed by atoms with Gasteiger partial charge in [0.1, 0.15) is 6.04 Å². The molecule has 1 rings (SSSR count). The monoisotopic (exact) mass is 236 g/mol. The Morgan fingerprint density at radius 2 is 2.27 bits per heavy atom. The molecule has 0 bridgehead atoms. The fraction of sp³-hybridized carbons (Fsp3) is 0.875. The molecule has 1 atom stereocenters. The van der Waals surface area contributed by atoms with Crippen molar-refractivity contribution in [1.29, 1.82) is 0 Å². The molecule has 88 valence electrons. The molecule has 1 aliphatic heterocycles. The van der Waals surface area contributed by atoms with Crippen LogP contribution in [0.25, 0.3) is 0 Å². The van der Waals surface area contributed by atoms with Crippen molar-refractivity contribution in [2.45, 2.75) is 19.4 Å². The molecule has 1 saturated heterocycles. The van der Waals surface area contributed by atoms with Gasteiger partial charge in [0.15, 0.2) is 0 Å². The number of amides is 1. The summed E-state index contributed by atoms with van der Waals surface area (Å²) >= 11 is 0. The maximum absolute atomic E-state index is 11.8. The Morgan fingerprint density at radius 3 is 2.80 bits per heavy atom. The van der Waals surface area contributed by atoms with Crippen molar-refractivity contribution in [2.75, 3.05) is 25.5 Å². The summed E-state index contributed by atoms with van der Waals surface area (Å²) in [6.07, 6.45) is 0.519. The van der Waals surface area contributed by atoms with Crippen molar-refractivity contribution in [2.24, 2.45) is 5.73 Å². The molecule has 0 aromatic carbocycles. The summed E-state index contributed by atoms with van der Waals surface area (Å²) in [7, 11) is -3.38. The summed E-state index contributed by atoms with van der Waals surface area (Å²) in [5, 5.41) is 0. The molecule has 7 heteroatoms. The van der Waals surface area contributed by atoms with Gasteiger partial charge in [-0.1, -0.05) is 6.92 Å². The Labute approximate surface area is 89.4 Å². The summed E-state index contributed by atoms with van der Waals surface area (Å²) in [6, 6.07) is -0.852. The normalized spacial score (nSPS) is 23.9. The average molecular weight is 236 g/mol. The number of hydrogen-bond donors (Lipinski definition) is 1. The maximum Gasteiger partial charge on any atom is 0.238 e. The van der Waals surface area contributed by atoms with Crippen LogP contribution in [0.2, 0.25) is 0 Å². The third kappa shape index (κ3) is 2.90. The number of primary amides is 1. The van der Waals surface area contributed by atoms with Crippen LogP contribution in [0.1, 0.15) is 13.3 Å². The van der Waals surface area contributed by atoms with Crippen LogP contribution >= 0.6 is 0 Å². The van der Waals surface area contributed by atoms with Crippen LogP contribution in [-0.4, -0.2) is 50.2 Å². The lowest BCUT2D eigenvalue weighted by atomic mass is 10.3. The lowest BCUT2D eigenvalue weighted by molar-refractivity contribution is -0.125. The minimum Gasteiger partial charge on any atom is -0.378 e. The van der Waals surface area contributed by atoms with Gasteiger partial charge in [-0.05, 0) is 6.42 Å². The zero-order chi connectivity index (χ0) is 11.5. The van der Waals surface area contributed by atoms with E-state index in [0.29, 0.717) is 13.0 Å². The van der Waals surface area contributed by atoms with Gasteiger partial charge in [0, 0.05) is 6.54 Å². The summed E-state index contributed by atoms with van der Waals surface area (Å²) in [4.78, 5) is 11.1. The van der Waals surface area contributed by atoms with Crippen molar-refractivity contribution in [1.82, 2.24) is 4.31 Å². The van der Waals surface area contributed by atoms with E-state index in [0.717, 1.165) is 4.31 Å². The summed E-state index contributed by atoms with van der Waals surface area (Å²) in [5.74, 6) is -0.620. The minimum atomic E-state index is -3.38. The molecule has 2 N–H and O–H groups in total. The quantitative estimate of drug-likeness (QED) is 0.671. The van der Waals surface area contributed by atoms with E-state index in [1.54, 1.807) is 6.92 Å². The van der Waals surface area contributed by atoms with Crippen molar-refractivity contribution in [3.05, 3.63) is 0 Å². The number of ether oxygens (including phenoxy) is 1. The predicted molar refractivity (Wildman–Crippen MR) is 54.6 cm³/mol. The first-order chi connectivity index (χ1) is 6.99. The largest absolute Gasteiger partial charge is 0.378 e. The lowest BCUT2D eigenvalue weighted by Crippen LogP contribution is -2.55. The van der Waals surface area contributed by atoms with Crippen LogP contribution in [0, 0.1) is 0 Å². The summed E-state index contributed by atoms with van der Waals surface area (Å²) in [6.45, 7) is 2.35. The molecule has 1 fully saturated rings. The average Bonchev–Trinajstić information content (AvgIpc) is 2.17. The highest BCUT2D eigenvalue weighted by Gasteiger charge is 2.35. The van der Waals surface area contributed by atoms with E-state index in [1.807, 2.05) is 0 Å². The molecule has 15 heavy (non-hydrogen) atoms. The highest BCUT2D eigenvalue weighted by molar-refractivity contribution is 7.89. The second kappa shape index (κ2) is 4.91. The Hall–Kier alpha value is -0.660. The van der Waals surface area contributed by atoms with Crippen molar-refractivity contribution in [3.63, 3.8) is 0 Å². The molecular weight excluding hydrogens is 220 g/mol. The van der Waals surface area contributed by atoms with E-state index < -0.39 is 22.0 Å². The van der Waals surface area contributed by atoms with E-state index in [-0.39, 0.29) is 18.9 Å². The molecule has 0 aromatic heterocycles. The number of nitrogens with two attached hydrogens (primary N) is 1. The third-order valence-electron chi connectivity index (χ3n) is 2.23.